The van der Waals surface area contributed by atoms with Crippen molar-refractivity contribution in [3.8, 4) is 6.07 Å². The number of nitrogens with one attached hydrogen (secondary N) is 2. The highest BCUT2D eigenvalue weighted by molar-refractivity contribution is 6.39. The lowest BCUT2D eigenvalue weighted by Crippen LogP contribution is -2.56. The maximum absolute atomic E-state index is 11.8. The zero-order valence-electron chi connectivity index (χ0n) is 20.0. The van der Waals surface area contributed by atoms with Crippen LogP contribution in [0.4, 0.5) is 17.6 Å². The van der Waals surface area contributed by atoms with Gasteiger partial charge in [0.15, 0.2) is 5.65 Å². The van der Waals surface area contributed by atoms with Gasteiger partial charge in [0.25, 0.3) is 0 Å². The lowest BCUT2D eigenvalue weighted by molar-refractivity contribution is -0.160. The van der Waals surface area contributed by atoms with Crippen molar-refractivity contribution < 1.29 is 9.53 Å². The van der Waals surface area contributed by atoms with Gasteiger partial charge >= 0.3 is 0 Å². The Labute approximate surface area is 223 Å². The molecule has 0 atom stereocenters. The van der Waals surface area contributed by atoms with E-state index in [9.17, 15) is 10.1 Å². The quantitative estimate of drug-likeness (QED) is 0.412. The molecule has 6 rings (SSSR count). The lowest BCUT2D eigenvalue weighted by Gasteiger charge is -2.53. The molecule has 2 saturated carbocycles. The molecule has 1 aromatic carbocycles. The molecule has 3 aliphatic rings. The van der Waals surface area contributed by atoms with Crippen LogP contribution in [0.5, 0.6) is 0 Å². The first kappa shape index (κ1) is 24.2. The number of anilines is 3. The van der Waals surface area contributed by atoms with E-state index in [1.54, 1.807) is 18.3 Å². The molecule has 37 heavy (non-hydrogen) atoms. The number of nitrogens with zero attached hydrogens (tertiary/aromatic N) is 5. The molecule has 1 spiro atoms. The zero-order valence-corrected chi connectivity index (χ0v) is 21.5. The molecule has 10 nitrogen and oxygen atoms in total. The summed E-state index contributed by atoms with van der Waals surface area (Å²) in [5.41, 5.74) is 8.04. The number of fused-ring (bicyclic) bond motifs is 1. The number of hydrogen-bond donors (Lipinski definition) is 3. The Morgan fingerprint density at radius 3 is 2.46 bits per heavy atom. The molecule has 12 heteroatoms. The fraction of sp³-hybridized carbons (Fsp3) is 0.480. The normalized spacial score (nSPS) is 22.7. The van der Waals surface area contributed by atoms with E-state index in [1.807, 2.05) is 4.57 Å². The zero-order chi connectivity index (χ0) is 25.7. The van der Waals surface area contributed by atoms with Crippen LogP contribution in [0.1, 0.15) is 50.1 Å². The van der Waals surface area contributed by atoms with Crippen molar-refractivity contribution >= 4 is 57.9 Å². The van der Waals surface area contributed by atoms with Gasteiger partial charge in [-0.1, -0.05) is 23.2 Å². The second-order valence-electron chi connectivity index (χ2n) is 10.4. The molecule has 3 fully saturated rings. The number of primary amides is 1. The second-order valence-corrected chi connectivity index (χ2v) is 11.2. The third-order valence-corrected chi connectivity index (χ3v) is 8.41. The summed E-state index contributed by atoms with van der Waals surface area (Å²) in [6.45, 7) is 1.67. The molecule has 3 heterocycles. The molecule has 1 amide bonds. The number of aromatic nitrogens is 4. The van der Waals surface area contributed by atoms with Crippen LogP contribution in [0.25, 0.3) is 11.2 Å². The van der Waals surface area contributed by atoms with Crippen molar-refractivity contribution in [1.29, 1.82) is 5.26 Å². The Morgan fingerprint density at radius 1 is 1.16 bits per heavy atom. The van der Waals surface area contributed by atoms with E-state index in [-0.39, 0.29) is 17.9 Å². The number of benzene rings is 1. The molecule has 1 saturated heterocycles. The number of halogens is 2. The van der Waals surface area contributed by atoms with Crippen molar-refractivity contribution in [2.45, 2.75) is 50.6 Å². The van der Waals surface area contributed by atoms with Crippen LogP contribution in [0.15, 0.2) is 18.3 Å². The van der Waals surface area contributed by atoms with Gasteiger partial charge in [-0.2, -0.15) is 10.2 Å². The lowest BCUT2D eigenvalue weighted by atomic mass is 9.64. The predicted octanol–water partition coefficient (Wildman–Crippen LogP) is 4.56. The molecular weight excluding hydrogens is 515 g/mol. The molecule has 3 aromatic rings. The summed E-state index contributed by atoms with van der Waals surface area (Å²) in [5.74, 6) is 0.692. The number of imidazole rings is 1. The first-order chi connectivity index (χ1) is 17.8. The molecule has 2 aromatic heterocycles. The van der Waals surface area contributed by atoms with Gasteiger partial charge in [-0.3, -0.25) is 9.36 Å². The summed E-state index contributed by atoms with van der Waals surface area (Å²) in [6.07, 6.45) is 6.70. The van der Waals surface area contributed by atoms with Crippen molar-refractivity contribution in [2.75, 3.05) is 23.8 Å². The molecule has 0 bridgehead atoms. The molecule has 4 N–H and O–H groups in total. The highest BCUT2D eigenvalue weighted by Gasteiger charge is 2.50. The van der Waals surface area contributed by atoms with Gasteiger partial charge in [-0.15, -0.1) is 0 Å². The van der Waals surface area contributed by atoms with Crippen LogP contribution in [0, 0.1) is 22.7 Å². The van der Waals surface area contributed by atoms with Crippen molar-refractivity contribution in [1.82, 2.24) is 19.5 Å². The molecule has 192 valence electrons. The van der Waals surface area contributed by atoms with E-state index < -0.39 is 0 Å². The van der Waals surface area contributed by atoms with Crippen LogP contribution < -0.4 is 16.4 Å². The minimum Gasteiger partial charge on any atom is -0.380 e. The van der Waals surface area contributed by atoms with Crippen LogP contribution >= 0.6 is 23.2 Å². The van der Waals surface area contributed by atoms with Crippen LogP contribution in [0.3, 0.4) is 0 Å². The highest BCUT2D eigenvalue weighted by Crippen LogP contribution is 2.48. The molecule has 0 unspecified atom stereocenters. The topological polar surface area (TPSA) is 144 Å². The number of carbonyl (C=O) groups excluding carboxylic acids is 1. The summed E-state index contributed by atoms with van der Waals surface area (Å²) < 4.78 is 7.43. The third kappa shape index (κ3) is 4.45. The minimum absolute atomic E-state index is 0.0425. The smallest absolute Gasteiger partial charge is 0.224 e. The number of nitrogens with two attached hydrogens (primary N) is 1. The van der Waals surface area contributed by atoms with Gasteiger partial charge in [-0.25, -0.2) is 9.97 Å². The minimum atomic E-state index is -0.257. The summed E-state index contributed by atoms with van der Waals surface area (Å²) in [5, 5.41) is 16.6. The number of rotatable bonds is 6. The first-order valence-corrected chi connectivity index (χ1v) is 13.1. The molecule has 2 aliphatic carbocycles. The SMILES string of the molecule is N#Cc1cc(Cl)c(Nc2nc3cnc(NC4CC5(COC5)C4)nc3n2[C@H]2CC[C@H](C(N)=O)CC2)c(Cl)c1. The van der Waals surface area contributed by atoms with Crippen molar-refractivity contribution in [3.05, 3.63) is 33.9 Å². The van der Waals surface area contributed by atoms with Crippen LogP contribution in [-0.4, -0.2) is 44.7 Å². The highest BCUT2D eigenvalue weighted by atomic mass is 35.5. The number of hydrogen-bond acceptors (Lipinski definition) is 8. The van der Waals surface area contributed by atoms with Crippen LogP contribution in [0.2, 0.25) is 10.0 Å². The largest absolute Gasteiger partial charge is 0.380 e. The maximum Gasteiger partial charge on any atom is 0.224 e. The number of amides is 1. The van der Waals surface area contributed by atoms with E-state index in [0.29, 0.717) is 68.7 Å². The fourth-order valence-electron chi connectivity index (χ4n) is 5.78. The van der Waals surface area contributed by atoms with Gasteiger partial charge in [0.1, 0.15) is 5.52 Å². The number of nitriles is 1. The van der Waals surface area contributed by atoms with Gasteiger partial charge in [0, 0.05) is 23.4 Å². The first-order valence-electron chi connectivity index (χ1n) is 12.4. The van der Waals surface area contributed by atoms with E-state index in [4.69, 9.17) is 43.6 Å². The Morgan fingerprint density at radius 2 is 1.86 bits per heavy atom. The Bertz CT molecular complexity index is 1390. The Balaban J connectivity index is 1.34. The third-order valence-electron chi connectivity index (χ3n) is 7.81. The van der Waals surface area contributed by atoms with Crippen LogP contribution in [-0.2, 0) is 9.53 Å². The summed E-state index contributed by atoms with van der Waals surface area (Å²) in [7, 11) is 0. The fourth-order valence-corrected chi connectivity index (χ4v) is 6.36. The summed E-state index contributed by atoms with van der Waals surface area (Å²) in [6, 6.07) is 5.53. The number of carbonyl (C=O) groups is 1. The van der Waals surface area contributed by atoms with Crippen molar-refractivity contribution in [3.63, 3.8) is 0 Å². The van der Waals surface area contributed by atoms with Gasteiger partial charge in [-0.05, 0) is 50.7 Å². The van der Waals surface area contributed by atoms with Gasteiger partial charge in [0.05, 0.1) is 46.8 Å². The Hall–Kier alpha value is -3.13. The standard InChI is InChI=1S/C25H26Cl2N8O2/c26-17-5-13(9-28)6-18(27)20(17)33-24-32-19-10-30-23(31-15-7-25(8-15)11-37-12-25)34-22(19)35(24)16-3-1-14(2-4-16)21(29)36/h5-6,10,14-16H,1-4,7-8,11-12H2,(H2,29,36)(H,32,33)(H,30,31,34)/t14-,16-. The molecule has 1 aliphatic heterocycles. The van der Waals surface area contributed by atoms with E-state index in [1.165, 1.54) is 0 Å². The Kier molecular flexibility index (Phi) is 6.10. The average molecular weight is 541 g/mol. The van der Waals surface area contributed by atoms with E-state index >= 15 is 0 Å². The number of ether oxygens (including phenoxy) is 1. The van der Waals surface area contributed by atoms with Gasteiger partial charge < -0.3 is 21.1 Å². The second kappa shape index (κ2) is 9.31. The summed E-state index contributed by atoms with van der Waals surface area (Å²) >= 11 is 12.9. The maximum atomic E-state index is 11.8. The average Bonchev–Trinajstić information content (AvgIpc) is 3.19. The van der Waals surface area contributed by atoms with Crippen molar-refractivity contribution in [2.24, 2.45) is 17.1 Å². The van der Waals surface area contributed by atoms with E-state index in [0.717, 1.165) is 38.9 Å². The molecule has 0 radical (unpaired) electrons. The van der Waals surface area contributed by atoms with E-state index in [2.05, 4.69) is 21.7 Å². The monoisotopic (exact) mass is 540 g/mol. The predicted molar refractivity (Wildman–Crippen MR) is 140 cm³/mol. The molecular formula is C25H26Cl2N8O2. The summed E-state index contributed by atoms with van der Waals surface area (Å²) in [4.78, 5) is 25.9. The van der Waals surface area contributed by atoms with Gasteiger partial charge in [0.2, 0.25) is 17.8 Å².